The SMILES string of the molecule is COCC1CN(C(=O)c2ccc(C(F)(F)F)cn2)CC(C)(C)O1. The molecule has 0 N–H and O–H groups in total. The third-order valence-corrected chi connectivity index (χ3v) is 3.43. The Bertz CT molecular complexity index is 558. The third-order valence-electron chi connectivity index (χ3n) is 3.43. The standard InChI is InChI=1S/C15H19F3N2O3/c1-14(2)9-20(7-11(23-14)8-22-3)13(21)12-5-4-10(6-19-12)15(16,17)18/h4-6,11H,7-9H2,1-3H3. The third kappa shape index (κ3) is 4.42. The minimum Gasteiger partial charge on any atom is -0.382 e. The van der Waals surface area contributed by atoms with Gasteiger partial charge in [-0.25, -0.2) is 0 Å². The number of aromatic nitrogens is 1. The lowest BCUT2D eigenvalue weighted by Crippen LogP contribution is -2.55. The Hall–Kier alpha value is -1.67. The first-order valence-electron chi connectivity index (χ1n) is 7.12. The summed E-state index contributed by atoms with van der Waals surface area (Å²) in [6, 6.07) is 1.96. The van der Waals surface area contributed by atoms with E-state index < -0.39 is 23.2 Å². The first kappa shape index (κ1) is 17.7. The molecule has 1 unspecified atom stereocenters. The van der Waals surface area contributed by atoms with Crippen LogP contribution in [-0.2, 0) is 15.7 Å². The van der Waals surface area contributed by atoms with E-state index in [1.165, 1.54) is 12.0 Å². The minimum absolute atomic E-state index is 0.0214. The Balaban J connectivity index is 2.15. The fraction of sp³-hybridized carbons (Fsp3) is 0.600. The number of pyridine rings is 1. The summed E-state index contributed by atoms with van der Waals surface area (Å²) in [6.07, 6.45) is -4.09. The maximum atomic E-state index is 12.5. The van der Waals surface area contributed by atoms with E-state index in [1.807, 2.05) is 13.8 Å². The molecule has 1 aliphatic rings. The molecule has 5 nitrogen and oxygen atoms in total. The van der Waals surface area contributed by atoms with Crippen molar-refractivity contribution in [3.63, 3.8) is 0 Å². The zero-order chi connectivity index (χ0) is 17.3. The first-order chi connectivity index (χ1) is 10.6. The molecule has 1 saturated heterocycles. The number of carbonyl (C=O) groups is 1. The van der Waals surface area contributed by atoms with Crippen molar-refractivity contribution >= 4 is 5.91 Å². The van der Waals surface area contributed by atoms with Gasteiger partial charge in [-0.3, -0.25) is 9.78 Å². The summed E-state index contributed by atoms with van der Waals surface area (Å²) >= 11 is 0. The predicted octanol–water partition coefficient (Wildman–Crippen LogP) is 2.37. The lowest BCUT2D eigenvalue weighted by atomic mass is 10.0. The molecule has 0 spiro atoms. The monoisotopic (exact) mass is 332 g/mol. The number of carbonyl (C=O) groups excluding carboxylic acids is 1. The quantitative estimate of drug-likeness (QED) is 0.853. The maximum absolute atomic E-state index is 12.5. The molecule has 2 heterocycles. The molecule has 8 heteroatoms. The van der Waals surface area contributed by atoms with Crippen molar-refractivity contribution in [3.05, 3.63) is 29.6 Å². The predicted molar refractivity (Wildman–Crippen MR) is 76.0 cm³/mol. The fourth-order valence-electron chi connectivity index (χ4n) is 2.57. The molecule has 0 bridgehead atoms. The molecule has 23 heavy (non-hydrogen) atoms. The Kier molecular flexibility index (Phi) is 4.95. The van der Waals surface area contributed by atoms with E-state index in [2.05, 4.69) is 4.98 Å². The largest absolute Gasteiger partial charge is 0.417 e. The smallest absolute Gasteiger partial charge is 0.382 e. The van der Waals surface area contributed by atoms with Gasteiger partial charge in [0.05, 0.1) is 23.9 Å². The molecule has 1 aromatic rings. The molecule has 1 aliphatic heterocycles. The first-order valence-corrected chi connectivity index (χ1v) is 7.12. The fourth-order valence-corrected chi connectivity index (χ4v) is 2.57. The van der Waals surface area contributed by atoms with E-state index >= 15 is 0 Å². The average molecular weight is 332 g/mol. The number of ether oxygens (including phenoxy) is 2. The summed E-state index contributed by atoms with van der Waals surface area (Å²) < 4.78 is 48.5. The summed E-state index contributed by atoms with van der Waals surface area (Å²) in [7, 11) is 1.54. The van der Waals surface area contributed by atoms with Crippen molar-refractivity contribution in [1.82, 2.24) is 9.88 Å². The number of rotatable bonds is 3. The highest BCUT2D eigenvalue weighted by molar-refractivity contribution is 5.92. The molecule has 1 amide bonds. The Labute approximate surface area is 132 Å². The van der Waals surface area contributed by atoms with Crippen LogP contribution in [0.3, 0.4) is 0 Å². The molecule has 128 valence electrons. The molecular weight excluding hydrogens is 313 g/mol. The van der Waals surface area contributed by atoms with Crippen molar-refractivity contribution in [3.8, 4) is 0 Å². The van der Waals surface area contributed by atoms with Gasteiger partial charge in [0.15, 0.2) is 0 Å². The van der Waals surface area contributed by atoms with E-state index in [4.69, 9.17) is 9.47 Å². The number of alkyl halides is 3. The molecule has 0 aliphatic carbocycles. The van der Waals surface area contributed by atoms with Crippen LogP contribution in [0.5, 0.6) is 0 Å². The van der Waals surface area contributed by atoms with E-state index in [-0.39, 0.29) is 11.8 Å². The lowest BCUT2D eigenvalue weighted by Gasteiger charge is -2.42. The van der Waals surface area contributed by atoms with Crippen LogP contribution < -0.4 is 0 Å². The van der Waals surface area contributed by atoms with Gasteiger partial charge in [0, 0.05) is 26.4 Å². The number of morpholine rings is 1. The normalized spacial score (nSPS) is 21.3. The van der Waals surface area contributed by atoms with E-state index in [0.29, 0.717) is 25.9 Å². The van der Waals surface area contributed by atoms with Crippen molar-refractivity contribution in [1.29, 1.82) is 0 Å². The van der Waals surface area contributed by atoms with Crippen LogP contribution in [0.4, 0.5) is 13.2 Å². The topological polar surface area (TPSA) is 51.7 Å². The molecule has 0 radical (unpaired) electrons. The van der Waals surface area contributed by atoms with Gasteiger partial charge in [-0.1, -0.05) is 0 Å². The summed E-state index contributed by atoms with van der Waals surface area (Å²) in [5.41, 5.74) is -1.47. The Morgan fingerprint density at radius 1 is 1.48 bits per heavy atom. The number of methoxy groups -OCH3 is 1. The van der Waals surface area contributed by atoms with Gasteiger partial charge < -0.3 is 14.4 Å². The Morgan fingerprint density at radius 3 is 2.70 bits per heavy atom. The van der Waals surface area contributed by atoms with Gasteiger partial charge in [-0.2, -0.15) is 13.2 Å². The van der Waals surface area contributed by atoms with Crippen molar-refractivity contribution in [2.24, 2.45) is 0 Å². The molecule has 1 aromatic heterocycles. The van der Waals surface area contributed by atoms with Crippen LogP contribution >= 0.6 is 0 Å². The van der Waals surface area contributed by atoms with Crippen LogP contribution in [0.2, 0.25) is 0 Å². The number of halogens is 3. The van der Waals surface area contributed by atoms with Gasteiger partial charge in [0.1, 0.15) is 5.69 Å². The summed E-state index contributed by atoms with van der Waals surface area (Å²) in [5.74, 6) is -0.420. The highest BCUT2D eigenvalue weighted by Gasteiger charge is 2.36. The van der Waals surface area contributed by atoms with Crippen LogP contribution in [0.15, 0.2) is 18.3 Å². The molecular formula is C15H19F3N2O3. The van der Waals surface area contributed by atoms with Crippen LogP contribution in [0.1, 0.15) is 29.9 Å². The minimum atomic E-state index is -4.47. The van der Waals surface area contributed by atoms with Crippen molar-refractivity contribution < 1.29 is 27.4 Å². The maximum Gasteiger partial charge on any atom is 0.417 e. The van der Waals surface area contributed by atoms with E-state index in [1.54, 1.807) is 0 Å². The molecule has 1 atom stereocenters. The number of amides is 1. The summed E-state index contributed by atoms with van der Waals surface area (Å²) in [5, 5.41) is 0. The molecule has 0 aromatic carbocycles. The average Bonchev–Trinajstić information content (AvgIpc) is 2.44. The lowest BCUT2D eigenvalue weighted by molar-refractivity contribution is -0.143. The Morgan fingerprint density at radius 2 is 2.17 bits per heavy atom. The number of hydrogen-bond acceptors (Lipinski definition) is 4. The van der Waals surface area contributed by atoms with Crippen molar-refractivity contribution in [2.45, 2.75) is 31.7 Å². The van der Waals surface area contributed by atoms with Crippen LogP contribution in [-0.4, -0.2) is 54.3 Å². The van der Waals surface area contributed by atoms with Gasteiger partial charge >= 0.3 is 6.18 Å². The molecule has 0 saturated carbocycles. The second-order valence-corrected chi connectivity index (χ2v) is 6.07. The highest BCUT2D eigenvalue weighted by atomic mass is 19.4. The van der Waals surface area contributed by atoms with Gasteiger partial charge in [-0.15, -0.1) is 0 Å². The number of nitrogens with zero attached hydrogens (tertiary/aromatic N) is 2. The van der Waals surface area contributed by atoms with Crippen LogP contribution in [0.25, 0.3) is 0 Å². The van der Waals surface area contributed by atoms with Crippen LogP contribution in [0, 0.1) is 0 Å². The molecule has 1 fully saturated rings. The summed E-state index contributed by atoms with van der Waals surface area (Å²) in [4.78, 5) is 17.7. The van der Waals surface area contributed by atoms with Gasteiger partial charge in [0.2, 0.25) is 0 Å². The summed E-state index contributed by atoms with van der Waals surface area (Å²) in [6.45, 7) is 4.64. The zero-order valence-electron chi connectivity index (χ0n) is 13.2. The van der Waals surface area contributed by atoms with Crippen molar-refractivity contribution in [2.75, 3.05) is 26.8 Å². The zero-order valence-corrected chi connectivity index (χ0v) is 13.2. The van der Waals surface area contributed by atoms with E-state index in [0.717, 1.165) is 12.1 Å². The number of hydrogen-bond donors (Lipinski definition) is 0. The van der Waals surface area contributed by atoms with Gasteiger partial charge in [0.25, 0.3) is 5.91 Å². The molecule has 2 rings (SSSR count). The second-order valence-electron chi connectivity index (χ2n) is 6.07. The van der Waals surface area contributed by atoms with Gasteiger partial charge in [-0.05, 0) is 26.0 Å². The second kappa shape index (κ2) is 6.45. The van der Waals surface area contributed by atoms with E-state index in [9.17, 15) is 18.0 Å². The highest BCUT2D eigenvalue weighted by Crippen LogP contribution is 2.29.